The number of benzene rings is 3. The summed E-state index contributed by atoms with van der Waals surface area (Å²) in [7, 11) is -2.41. The van der Waals surface area contributed by atoms with Crippen LogP contribution in [0.25, 0.3) is 0 Å². The SMILES string of the molecule is COc1ccc(S(=O)(=O)N[C@@H](Cc2ccccc2)C(=O)Nc2ccc(I)cc2)cc1C. The zero-order valence-electron chi connectivity index (χ0n) is 17.1. The molecule has 0 fully saturated rings. The summed E-state index contributed by atoms with van der Waals surface area (Å²) in [4.78, 5) is 13.1. The van der Waals surface area contributed by atoms with Gasteiger partial charge in [0.1, 0.15) is 11.8 Å². The van der Waals surface area contributed by atoms with E-state index in [0.717, 1.165) is 9.13 Å². The topological polar surface area (TPSA) is 84.5 Å². The lowest BCUT2D eigenvalue weighted by molar-refractivity contribution is -0.117. The van der Waals surface area contributed by atoms with Gasteiger partial charge in [-0.25, -0.2) is 8.42 Å². The quantitative estimate of drug-likeness (QED) is 0.413. The third-order valence-electron chi connectivity index (χ3n) is 4.68. The number of nitrogens with one attached hydrogen (secondary N) is 2. The average Bonchev–Trinajstić information content (AvgIpc) is 2.75. The van der Waals surface area contributed by atoms with Crippen molar-refractivity contribution in [2.75, 3.05) is 12.4 Å². The van der Waals surface area contributed by atoms with E-state index in [-0.39, 0.29) is 11.3 Å². The fraction of sp³-hybridized carbons (Fsp3) is 0.174. The lowest BCUT2D eigenvalue weighted by Crippen LogP contribution is -2.45. The van der Waals surface area contributed by atoms with Crippen molar-refractivity contribution in [3.8, 4) is 5.75 Å². The number of methoxy groups -OCH3 is 1. The number of rotatable bonds is 8. The molecular formula is C23H23IN2O4S. The molecule has 3 aromatic rings. The maximum atomic E-state index is 13.1. The van der Waals surface area contributed by atoms with Crippen LogP contribution in [-0.2, 0) is 21.2 Å². The molecule has 1 amide bonds. The minimum absolute atomic E-state index is 0.0749. The van der Waals surface area contributed by atoms with Crippen molar-refractivity contribution in [2.24, 2.45) is 0 Å². The van der Waals surface area contributed by atoms with Gasteiger partial charge in [-0.3, -0.25) is 4.79 Å². The predicted octanol–water partition coefficient (Wildman–Crippen LogP) is 4.14. The maximum Gasteiger partial charge on any atom is 0.242 e. The highest BCUT2D eigenvalue weighted by molar-refractivity contribution is 14.1. The molecule has 8 heteroatoms. The summed E-state index contributed by atoms with van der Waals surface area (Å²) in [5.41, 5.74) is 2.13. The molecule has 0 saturated heterocycles. The number of carbonyl (C=O) groups excluding carboxylic acids is 1. The summed E-state index contributed by atoms with van der Waals surface area (Å²) >= 11 is 2.18. The van der Waals surface area contributed by atoms with Crippen LogP contribution in [0.2, 0.25) is 0 Å². The van der Waals surface area contributed by atoms with E-state index in [1.165, 1.54) is 19.2 Å². The Hall–Kier alpha value is -2.43. The molecule has 31 heavy (non-hydrogen) atoms. The Balaban J connectivity index is 1.87. The summed E-state index contributed by atoms with van der Waals surface area (Å²) in [5, 5.41) is 2.80. The van der Waals surface area contributed by atoms with Gasteiger partial charge < -0.3 is 10.1 Å². The van der Waals surface area contributed by atoms with Gasteiger partial charge in [0.25, 0.3) is 0 Å². The molecule has 162 valence electrons. The predicted molar refractivity (Wildman–Crippen MR) is 130 cm³/mol. The van der Waals surface area contributed by atoms with Crippen LogP contribution in [-0.4, -0.2) is 27.5 Å². The van der Waals surface area contributed by atoms with E-state index in [0.29, 0.717) is 17.0 Å². The third-order valence-corrected chi connectivity index (χ3v) is 6.87. The van der Waals surface area contributed by atoms with Crippen LogP contribution in [0.4, 0.5) is 5.69 Å². The van der Waals surface area contributed by atoms with E-state index in [4.69, 9.17) is 4.74 Å². The molecule has 0 aliphatic rings. The molecule has 3 aromatic carbocycles. The van der Waals surface area contributed by atoms with E-state index in [2.05, 4.69) is 32.6 Å². The Morgan fingerprint density at radius 2 is 1.71 bits per heavy atom. The van der Waals surface area contributed by atoms with E-state index in [1.54, 1.807) is 25.1 Å². The Bertz CT molecular complexity index is 1150. The molecule has 0 aliphatic carbocycles. The normalized spacial score (nSPS) is 12.2. The smallest absolute Gasteiger partial charge is 0.242 e. The van der Waals surface area contributed by atoms with Gasteiger partial charge in [0.2, 0.25) is 15.9 Å². The summed E-state index contributed by atoms with van der Waals surface area (Å²) in [6, 6.07) is 20.2. The fourth-order valence-corrected chi connectivity index (χ4v) is 4.71. The van der Waals surface area contributed by atoms with Crippen LogP contribution in [0.5, 0.6) is 5.75 Å². The monoisotopic (exact) mass is 550 g/mol. The molecular weight excluding hydrogens is 527 g/mol. The van der Waals surface area contributed by atoms with Gasteiger partial charge in [-0.05, 0) is 89.5 Å². The number of hydrogen-bond acceptors (Lipinski definition) is 4. The van der Waals surface area contributed by atoms with Crippen molar-refractivity contribution in [1.29, 1.82) is 0 Å². The van der Waals surface area contributed by atoms with Crippen LogP contribution < -0.4 is 14.8 Å². The van der Waals surface area contributed by atoms with Gasteiger partial charge in [0, 0.05) is 9.26 Å². The molecule has 6 nitrogen and oxygen atoms in total. The van der Waals surface area contributed by atoms with Crippen molar-refractivity contribution in [3.05, 3.63) is 87.5 Å². The summed E-state index contributed by atoms with van der Waals surface area (Å²) in [6.45, 7) is 1.77. The molecule has 0 heterocycles. The average molecular weight is 550 g/mol. The molecule has 0 aromatic heterocycles. The van der Waals surface area contributed by atoms with Gasteiger partial charge in [-0.2, -0.15) is 4.72 Å². The van der Waals surface area contributed by atoms with E-state index in [1.807, 2.05) is 42.5 Å². The Kier molecular flexibility index (Phi) is 7.69. The second-order valence-corrected chi connectivity index (χ2v) is 9.95. The molecule has 2 N–H and O–H groups in total. The minimum Gasteiger partial charge on any atom is -0.496 e. The second-order valence-electron chi connectivity index (χ2n) is 6.99. The first-order valence-corrected chi connectivity index (χ1v) is 12.1. The minimum atomic E-state index is -3.94. The number of hydrogen-bond donors (Lipinski definition) is 2. The number of sulfonamides is 1. The lowest BCUT2D eigenvalue weighted by Gasteiger charge is -2.19. The standard InChI is InChI=1S/C23H23IN2O4S/c1-16-14-20(12-13-22(16)30-2)31(28,29)26-21(15-17-6-4-3-5-7-17)23(27)25-19-10-8-18(24)9-11-19/h3-14,21,26H,15H2,1-2H3,(H,25,27)/t21-/m0/s1. The first kappa shape index (κ1) is 23.2. The highest BCUT2D eigenvalue weighted by Gasteiger charge is 2.26. The van der Waals surface area contributed by atoms with Crippen molar-refractivity contribution >= 4 is 44.2 Å². The first-order valence-electron chi connectivity index (χ1n) is 9.56. The van der Waals surface area contributed by atoms with Gasteiger partial charge in [0.05, 0.1) is 12.0 Å². The van der Waals surface area contributed by atoms with E-state index >= 15 is 0 Å². The highest BCUT2D eigenvalue weighted by Crippen LogP contribution is 2.22. The molecule has 0 saturated carbocycles. The third kappa shape index (κ3) is 6.28. The summed E-state index contributed by atoms with van der Waals surface area (Å²) in [6.07, 6.45) is 0.214. The Morgan fingerprint density at radius 1 is 1.03 bits per heavy atom. The number of halogens is 1. The number of anilines is 1. The fourth-order valence-electron chi connectivity index (χ4n) is 3.07. The van der Waals surface area contributed by atoms with E-state index in [9.17, 15) is 13.2 Å². The Morgan fingerprint density at radius 3 is 2.32 bits per heavy atom. The molecule has 0 aliphatic heterocycles. The summed E-state index contributed by atoms with van der Waals surface area (Å²) in [5.74, 6) is 0.162. The van der Waals surface area contributed by atoms with Crippen LogP contribution in [0.3, 0.4) is 0 Å². The van der Waals surface area contributed by atoms with Crippen LogP contribution in [0.15, 0.2) is 77.7 Å². The molecule has 0 bridgehead atoms. The molecule has 0 radical (unpaired) electrons. The van der Waals surface area contributed by atoms with Gasteiger partial charge in [0.15, 0.2) is 0 Å². The number of carbonyl (C=O) groups is 1. The first-order chi connectivity index (χ1) is 14.8. The Labute approximate surface area is 196 Å². The second kappa shape index (κ2) is 10.3. The van der Waals surface area contributed by atoms with Gasteiger partial charge in [-0.1, -0.05) is 30.3 Å². The lowest BCUT2D eigenvalue weighted by atomic mass is 10.1. The van der Waals surface area contributed by atoms with E-state index < -0.39 is 22.0 Å². The maximum absolute atomic E-state index is 13.1. The highest BCUT2D eigenvalue weighted by atomic mass is 127. The molecule has 3 rings (SSSR count). The van der Waals surface area contributed by atoms with Crippen molar-refractivity contribution in [1.82, 2.24) is 4.72 Å². The van der Waals surface area contributed by atoms with Crippen LogP contribution in [0, 0.1) is 10.5 Å². The van der Waals surface area contributed by atoms with Crippen molar-refractivity contribution in [3.63, 3.8) is 0 Å². The zero-order chi connectivity index (χ0) is 22.4. The van der Waals surface area contributed by atoms with Crippen molar-refractivity contribution < 1.29 is 17.9 Å². The molecule has 0 spiro atoms. The number of aryl methyl sites for hydroxylation is 1. The molecule has 1 atom stereocenters. The van der Waals surface area contributed by atoms with Crippen LogP contribution >= 0.6 is 22.6 Å². The van der Waals surface area contributed by atoms with Gasteiger partial charge in [-0.15, -0.1) is 0 Å². The number of ether oxygens (including phenoxy) is 1. The van der Waals surface area contributed by atoms with Crippen LogP contribution in [0.1, 0.15) is 11.1 Å². The zero-order valence-corrected chi connectivity index (χ0v) is 20.1. The molecule has 0 unspecified atom stereocenters. The number of amides is 1. The van der Waals surface area contributed by atoms with Crippen molar-refractivity contribution in [2.45, 2.75) is 24.3 Å². The summed E-state index contributed by atoms with van der Waals surface area (Å²) < 4.78 is 34.9. The van der Waals surface area contributed by atoms with Gasteiger partial charge >= 0.3 is 0 Å². The largest absolute Gasteiger partial charge is 0.496 e.